The van der Waals surface area contributed by atoms with Crippen LogP contribution < -0.4 is 10.5 Å². The molecule has 98 valence electrons. The van der Waals surface area contributed by atoms with Gasteiger partial charge in [-0.05, 0) is 36.5 Å². The first kappa shape index (κ1) is 13.1. The predicted octanol–water partition coefficient (Wildman–Crippen LogP) is 3.71. The number of hydrogen-bond donors (Lipinski definition) is 1. The van der Waals surface area contributed by atoms with Crippen molar-refractivity contribution in [3.63, 3.8) is 0 Å². The SMILES string of the molecule is NC(=O)Oc1ccccc1.c1ccc(C2CC2)cc1. The fraction of sp³-hybridized carbons (Fsp3) is 0.188. The van der Waals surface area contributed by atoms with E-state index < -0.39 is 6.09 Å². The Labute approximate surface area is 113 Å². The lowest BCUT2D eigenvalue weighted by atomic mass is 10.1. The molecule has 0 radical (unpaired) electrons. The first-order chi connectivity index (χ1) is 9.25. The van der Waals surface area contributed by atoms with Gasteiger partial charge in [-0.3, -0.25) is 0 Å². The Kier molecular flexibility index (Phi) is 4.56. The third-order valence-corrected chi connectivity index (χ3v) is 2.81. The van der Waals surface area contributed by atoms with E-state index >= 15 is 0 Å². The highest BCUT2D eigenvalue weighted by atomic mass is 16.5. The highest BCUT2D eigenvalue weighted by Gasteiger charge is 2.22. The normalized spacial score (nSPS) is 13.1. The highest BCUT2D eigenvalue weighted by Crippen LogP contribution is 2.39. The topological polar surface area (TPSA) is 52.3 Å². The zero-order valence-electron chi connectivity index (χ0n) is 10.7. The number of nitrogens with two attached hydrogens (primary N) is 1. The quantitative estimate of drug-likeness (QED) is 0.889. The van der Waals surface area contributed by atoms with Gasteiger partial charge in [0.25, 0.3) is 0 Å². The van der Waals surface area contributed by atoms with Crippen LogP contribution in [0.25, 0.3) is 0 Å². The predicted molar refractivity (Wildman–Crippen MR) is 75.1 cm³/mol. The molecule has 19 heavy (non-hydrogen) atoms. The van der Waals surface area contributed by atoms with E-state index in [0.717, 1.165) is 5.92 Å². The average Bonchev–Trinajstić information content (AvgIpc) is 3.25. The number of hydrogen-bond acceptors (Lipinski definition) is 2. The number of para-hydroxylation sites is 1. The van der Waals surface area contributed by atoms with Crippen molar-refractivity contribution in [2.45, 2.75) is 18.8 Å². The maximum atomic E-state index is 10.2. The van der Waals surface area contributed by atoms with Gasteiger partial charge >= 0.3 is 6.09 Å². The van der Waals surface area contributed by atoms with Gasteiger partial charge in [0.1, 0.15) is 5.75 Å². The number of benzene rings is 2. The first-order valence-electron chi connectivity index (χ1n) is 6.33. The van der Waals surface area contributed by atoms with Gasteiger partial charge in [-0.25, -0.2) is 4.79 Å². The van der Waals surface area contributed by atoms with E-state index in [4.69, 9.17) is 5.73 Å². The summed E-state index contributed by atoms with van der Waals surface area (Å²) in [5.74, 6) is 1.38. The van der Waals surface area contributed by atoms with E-state index in [1.165, 1.54) is 18.4 Å². The van der Waals surface area contributed by atoms with Gasteiger partial charge < -0.3 is 10.5 Å². The zero-order valence-corrected chi connectivity index (χ0v) is 10.7. The van der Waals surface area contributed by atoms with E-state index in [0.29, 0.717) is 5.75 Å². The molecule has 1 amide bonds. The Morgan fingerprint density at radius 1 is 0.947 bits per heavy atom. The minimum atomic E-state index is -0.786. The third kappa shape index (κ3) is 4.84. The third-order valence-electron chi connectivity index (χ3n) is 2.81. The van der Waals surface area contributed by atoms with Crippen molar-refractivity contribution in [2.75, 3.05) is 0 Å². The van der Waals surface area contributed by atoms with E-state index in [-0.39, 0.29) is 0 Å². The Morgan fingerprint density at radius 3 is 1.95 bits per heavy atom. The molecule has 2 aromatic rings. The molecule has 3 rings (SSSR count). The van der Waals surface area contributed by atoms with Crippen LogP contribution in [-0.4, -0.2) is 6.09 Å². The summed E-state index contributed by atoms with van der Waals surface area (Å²) in [5.41, 5.74) is 6.29. The molecule has 2 N–H and O–H groups in total. The molecule has 1 aliphatic carbocycles. The van der Waals surface area contributed by atoms with Crippen LogP contribution >= 0.6 is 0 Å². The summed E-state index contributed by atoms with van der Waals surface area (Å²) in [6, 6.07) is 19.4. The maximum absolute atomic E-state index is 10.2. The molecule has 3 nitrogen and oxygen atoms in total. The average molecular weight is 255 g/mol. The van der Waals surface area contributed by atoms with Crippen LogP contribution in [0, 0.1) is 0 Å². The molecule has 0 bridgehead atoms. The molecular weight excluding hydrogens is 238 g/mol. The van der Waals surface area contributed by atoms with Crippen molar-refractivity contribution in [3.05, 3.63) is 66.2 Å². The fourth-order valence-electron chi connectivity index (χ4n) is 1.75. The van der Waals surface area contributed by atoms with Crippen molar-refractivity contribution in [1.82, 2.24) is 0 Å². The summed E-state index contributed by atoms with van der Waals surface area (Å²) in [7, 11) is 0. The van der Waals surface area contributed by atoms with E-state index in [9.17, 15) is 4.79 Å². The largest absolute Gasteiger partial charge is 0.411 e. The second-order valence-electron chi connectivity index (χ2n) is 4.42. The van der Waals surface area contributed by atoms with Crippen LogP contribution in [0.4, 0.5) is 4.79 Å². The molecule has 0 heterocycles. The highest BCUT2D eigenvalue weighted by molar-refractivity contribution is 5.67. The Bertz CT molecular complexity index is 507. The van der Waals surface area contributed by atoms with Gasteiger partial charge in [-0.15, -0.1) is 0 Å². The summed E-state index contributed by atoms with van der Waals surface area (Å²) in [6.07, 6.45) is 2.03. The lowest BCUT2D eigenvalue weighted by Gasteiger charge is -1.96. The van der Waals surface area contributed by atoms with Crippen molar-refractivity contribution < 1.29 is 9.53 Å². The summed E-state index contributed by atoms with van der Waals surface area (Å²) in [6.45, 7) is 0. The molecular formula is C16H17NO2. The Hall–Kier alpha value is -2.29. The molecule has 0 unspecified atom stereocenters. The van der Waals surface area contributed by atoms with Gasteiger partial charge in [0, 0.05) is 0 Å². The second-order valence-corrected chi connectivity index (χ2v) is 4.42. The number of amides is 1. The lowest BCUT2D eigenvalue weighted by Crippen LogP contribution is -2.15. The summed E-state index contributed by atoms with van der Waals surface area (Å²) >= 11 is 0. The molecule has 0 atom stereocenters. The molecule has 3 heteroatoms. The van der Waals surface area contributed by atoms with Crippen molar-refractivity contribution in [2.24, 2.45) is 5.73 Å². The Balaban J connectivity index is 0.000000141. The summed E-state index contributed by atoms with van der Waals surface area (Å²) < 4.78 is 4.55. The van der Waals surface area contributed by atoms with Gasteiger partial charge in [-0.1, -0.05) is 48.5 Å². The zero-order chi connectivity index (χ0) is 13.5. The second kappa shape index (κ2) is 6.59. The minimum absolute atomic E-state index is 0.468. The molecule has 0 aromatic heterocycles. The van der Waals surface area contributed by atoms with Crippen LogP contribution in [0.15, 0.2) is 60.7 Å². The van der Waals surface area contributed by atoms with Gasteiger partial charge in [0.15, 0.2) is 0 Å². The smallest absolute Gasteiger partial charge is 0.409 e. The number of carbonyl (C=O) groups is 1. The van der Waals surface area contributed by atoms with Crippen LogP contribution in [0.1, 0.15) is 24.3 Å². The van der Waals surface area contributed by atoms with E-state index in [2.05, 4.69) is 35.1 Å². The van der Waals surface area contributed by atoms with Crippen LogP contribution in [0.3, 0.4) is 0 Å². The van der Waals surface area contributed by atoms with Gasteiger partial charge in [0.05, 0.1) is 0 Å². The molecule has 0 spiro atoms. The first-order valence-corrected chi connectivity index (χ1v) is 6.33. The summed E-state index contributed by atoms with van der Waals surface area (Å²) in [4.78, 5) is 10.2. The van der Waals surface area contributed by atoms with Crippen LogP contribution in [-0.2, 0) is 0 Å². The molecule has 2 aromatic carbocycles. The minimum Gasteiger partial charge on any atom is -0.411 e. The van der Waals surface area contributed by atoms with E-state index in [1.807, 2.05) is 6.07 Å². The monoisotopic (exact) mass is 255 g/mol. The summed E-state index contributed by atoms with van der Waals surface area (Å²) in [5, 5.41) is 0. The number of primary amides is 1. The van der Waals surface area contributed by atoms with Gasteiger partial charge in [-0.2, -0.15) is 0 Å². The molecule has 1 fully saturated rings. The van der Waals surface area contributed by atoms with Crippen molar-refractivity contribution in [1.29, 1.82) is 0 Å². The van der Waals surface area contributed by atoms with Crippen LogP contribution in [0.5, 0.6) is 5.75 Å². The number of carbonyl (C=O) groups excluding carboxylic acids is 1. The molecule has 0 saturated heterocycles. The number of rotatable bonds is 2. The molecule has 0 aliphatic heterocycles. The van der Waals surface area contributed by atoms with Crippen molar-refractivity contribution >= 4 is 6.09 Å². The standard InChI is InChI=1S/C9H10.C7H7NO2/c1-2-4-8(5-3-1)9-6-7-9;8-7(9)10-6-4-2-1-3-5-6/h1-5,9H,6-7H2;1-5H,(H2,8,9). The molecule has 1 aliphatic rings. The lowest BCUT2D eigenvalue weighted by molar-refractivity contribution is 0.211. The van der Waals surface area contributed by atoms with Crippen molar-refractivity contribution in [3.8, 4) is 5.75 Å². The fourth-order valence-corrected chi connectivity index (χ4v) is 1.75. The van der Waals surface area contributed by atoms with Crippen LogP contribution in [0.2, 0.25) is 0 Å². The Morgan fingerprint density at radius 2 is 1.47 bits per heavy atom. The number of ether oxygens (including phenoxy) is 1. The van der Waals surface area contributed by atoms with Gasteiger partial charge in [0.2, 0.25) is 0 Å². The van der Waals surface area contributed by atoms with E-state index in [1.54, 1.807) is 24.3 Å². The molecule has 1 saturated carbocycles. The maximum Gasteiger partial charge on any atom is 0.409 e.